The van der Waals surface area contributed by atoms with Crippen LogP contribution in [0, 0.1) is 5.82 Å². The average Bonchev–Trinajstić information content (AvgIpc) is 3.01. The van der Waals surface area contributed by atoms with Gasteiger partial charge in [-0.3, -0.25) is 9.59 Å². The number of rotatable bonds is 3. The second kappa shape index (κ2) is 6.77. The molecule has 0 saturated carbocycles. The summed E-state index contributed by atoms with van der Waals surface area (Å²) < 4.78 is 20.6. The van der Waals surface area contributed by atoms with Gasteiger partial charge in [0.1, 0.15) is 16.8 Å². The maximum Gasteiger partial charge on any atom is 0.341 e. The first-order valence-corrected chi connectivity index (χ1v) is 8.90. The molecule has 150 valence electrons. The van der Waals surface area contributed by atoms with E-state index in [4.69, 9.17) is 4.74 Å². The highest BCUT2D eigenvalue weighted by molar-refractivity contribution is 6.10. The summed E-state index contributed by atoms with van der Waals surface area (Å²) in [5, 5.41) is 10.6. The molecular formula is C20H18FN3O5. The molecule has 1 aliphatic rings. The number of aryl methyl sites for hydroxylation is 1. The third-order valence-corrected chi connectivity index (χ3v) is 5.13. The van der Waals surface area contributed by atoms with E-state index < -0.39 is 23.2 Å². The Hall–Kier alpha value is -3.62. The Morgan fingerprint density at radius 3 is 2.55 bits per heavy atom. The van der Waals surface area contributed by atoms with Crippen LogP contribution in [0.1, 0.15) is 26.4 Å². The van der Waals surface area contributed by atoms with Crippen molar-refractivity contribution in [2.24, 2.45) is 7.05 Å². The zero-order chi connectivity index (χ0) is 20.9. The van der Waals surface area contributed by atoms with Gasteiger partial charge in [0, 0.05) is 32.9 Å². The second-order valence-corrected chi connectivity index (χ2v) is 6.88. The molecule has 1 aliphatic heterocycles. The van der Waals surface area contributed by atoms with Crippen LogP contribution in [0.5, 0.6) is 5.75 Å². The highest BCUT2D eigenvalue weighted by Gasteiger charge is 2.34. The number of halogens is 1. The maximum atomic E-state index is 13.1. The molecule has 0 fully saturated rings. The Morgan fingerprint density at radius 2 is 1.90 bits per heavy atom. The van der Waals surface area contributed by atoms with Gasteiger partial charge in [-0.25, -0.2) is 9.18 Å². The van der Waals surface area contributed by atoms with Crippen molar-refractivity contribution >= 4 is 22.8 Å². The lowest BCUT2D eigenvalue weighted by Crippen LogP contribution is -2.39. The molecule has 8 nitrogen and oxygen atoms in total. The number of aromatic hydroxyl groups is 1. The van der Waals surface area contributed by atoms with Crippen LogP contribution in [0.3, 0.4) is 0 Å². The predicted octanol–water partition coefficient (Wildman–Crippen LogP) is 1.63. The number of carbonyl (C=O) groups excluding carboxylic acids is 2. The first-order chi connectivity index (χ1) is 13.8. The van der Waals surface area contributed by atoms with Gasteiger partial charge in [-0.05, 0) is 17.7 Å². The van der Waals surface area contributed by atoms with Crippen molar-refractivity contribution in [1.82, 2.24) is 14.0 Å². The zero-order valence-corrected chi connectivity index (χ0v) is 15.8. The standard InChI is InChI=1S/C20H18FN3O5/c1-22-10-13(20(28)29-2)15-14(18(22)26)17(25)16-19(27)23(7-8-24(15)16)9-11-3-5-12(21)6-4-11/h3-6,10,25H,7-9H2,1-2H3. The Bertz CT molecular complexity index is 1210. The molecule has 0 spiro atoms. The fraction of sp³-hybridized carbons (Fsp3) is 0.250. The monoisotopic (exact) mass is 399 g/mol. The number of pyridine rings is 1. The molecule has 3 heterocycles. The molecule has 0 saturated heterocycles. The molecule has 1 amide bonds. The summed E-state index contributed by atoms with van der Waals surface area (Å²) in [6.07, 6.45) is 1.33. The summed E-state index contributed by atoms with van der Waals surface area (Å²) in [5.41, 5.74) is 0.426. The van der Waals surface area contributed by atoms with Crippen molar-refractivity contribution in [3.05, 3.63) is 63.5 Å². The quantitative estimate of drug-likeness (QED) is 0.676. The number of ether oxygens (including phenoxy) is 1. The molecule has 0 unspecified atom stereocenters. The van der Waals surface area contributed by atoms with Crippen LogP contribution < -0.4 is 5.56 Å². The third kappa shape index (κ3) is 2.86. The van der Waals surface area contributed by atoms with Crippen molar-refractivity contribution < 1.29 is 23.8 Å². The van der Waals surface area contributed by atoms with Gasteiger partial charge in [0.2, 0.25) is 0 Å². The van der Waals surface area contributed by atoms with Gasteiger partial charge in [0.05, 0.1) is 12.6 Å². The minimum atomic E-state index is -0.674. The fourth-order valence-corrected chi connectivity index (χ4v) is 3.71. The number of fused-ring (bicyclic) bond motifs is 3. The van der Waals surface area contributed by atoms with E-state index in [0.29, 0.717) is 6.54 Å². The highest BCUT2D eigenvalue weighted by Crippen LogP contribution is 2.35. The highest BCUT2D eigenvalue weighted by atomic mass is 19.1. The van der Waals surface area contributed by atoms with E-state index in [-0.39, 0.29) is 41.1 Å². The molecule has 29 heavy (non-hydrogen) atoms. The Kier molecular flexibility index (Phi) is 4.37. The van der Waals surface area contributed by atoms with Crippen LogP contribution in [-0.4, -0.2) is 44.7 Å². The number of hydrogen-bond donors (Lipinski definition) is 1. The first kappa shape index (κ1) is 18.7. The number of esters is 1. The number of amides is 1. The molecule has 1 aromatic carbocycles. The van der Waals surface area contributed by atoms with Gasteiger partial charge in [-0.1, -0.05) is 12.1 Å². The van der Waals surface area contributed by atoms with Gasteiger partial charge >= 0.3 is 5.97 Å². The lowest BCUT2D eigenvalue weighted by atomic mass is 10.2. The third-order valence-electron chi connectivity index (χ3n) is 5.13. The lowest BCUT2D eigenvalue weighted by Gasteiger charge is -2.29. The van der Waals surface area contributed by atoms with Crippen LogP contribution in [0.25, 0.3) is 10.9 Å². The molecule has 0 radical (unpaired) electrons. The molecule has 1 N–H and O–H groups in total. The van der Waals surface area contributed by atoms with Crippen molar-refractivity contribution in [2.45, 2.75) is 13.1 Å². The Balaban J connectivity index is 1.85. The van der Waals surface area contributed by atoms with E-state index >= 15 is 0 Å². The van der Waals surface area contributed by atoms with Gasteiger partial charge in [-0.2, -0.15) is 0 Å². The summed E-state index contributed by atoms with van der Waals surface area (Å²) in [5.74, 6) is -1.98. The molecular weight excluding hydrogens is 381 g/mol. The first-order valence-electron chi connectivity index (χ1n) is 8.90. The van der Waals surface area contributed by atoms with Crippen molar-refractivity contribution in [3.8, 4) is 5.75 Å². The van der Waals surface area contributed by atoms with E-state index in [2.05, 4.69) is 0 Å². The van der Waals surface area contributed by atoms with E-state index in [1.807, 2.05) is 0 Å². The fourth-order valence-electron chi connectivity index (χ4n) is 3.71. The molecule has 3 aromatic rings. The second-order valence-electron chi connectivity index (χ2n) is 6.88. The van der Waals surface area contributed by atoms with Gasteiger partial charge in [0.25, 0.3) is 11.5 Å². The largest absolute Gasteiger partial charge is 0.505 e. The smallest absolute Gasteiger partial charge is 0.341 e. The van der Waals surface area contributed by atoms with Crippen LogP contribution in [0.4, 0.5) is 4.39 Å². The van der Waals surface area contributed by atoms with Crippen molar-refractivity contribution in [1.29, 1.82) is 0 Å². The summed E-state index contributed by atoms with van der Waals surface area (Å²) in [6.45, 7) is 0.792. The molecule has 9 heteroatoms. The van der Waals surface area contributed by atoms with Crippen LogP contribution in [-0.2, 0) is 24.9 Å². The van der Waals surface area contributed by atoms with E-state index in [1.165, 1.54) is 46.5 Å². The Morgan fingerprint density at radius 1 is 1.21 bits per heavy atom. The van der Waals surface area contributed by atoms with E-state index in [1.54, 1.807) is 12.1 Å². The number of nitrogens with zero attached hydrogens (tertiary/aromatic N) is 3. The van der Waals surface area contributed by atoms with Crippen molar-refractivity contribution in [3.63, 3.8) is 0 Å². The van der Waals surface area contributed by atoms with Crippen LogP contribution in [0.15, 0.2) is 35.3 Å². The van der Waals surface area contributed by atoms with Crippen LogP contribution in [0.2, 0.25) is 0 Å². The summed E-state index contributed by atoms with van der Waals surface area (Å²) >= 11 is 0. The molecule has 0 bridgehead atoms. The number of methoxy groups -OCH3 is 1. The van der Waals surface area contributed by atoms with Crippen molar-refractivity contribution in [2.75, 3.05) is 13.7 Å². The predicted molar refractivity (Wildman–Crippen MR) is 101 cm³/mol. The van der Waals surface area contributed by atoms with Gasteiger partial charge in [-0.15, -0.1) is 0 Å². The lowest BCUT2D eigenvalue weighted by molar-refractivity contribution is 0.0599. The number of hydrogen-bond acceptors (Lipinski definition) is 5. The molecule has 0 aliphatic carbocycles. The normalized spacial score (nSPS) is 13.6. The molecule has 0 atom stereocenters. The maximum absolute atomic E-state index is 13.1. The Labute approximate surface area is 164 Å². The minimum absolute atomic E-state index is 0.0539. The van der Waals surface area contributed by atoms with Gasteiger partial charge in [0.15, 0.2) is 11.4 Å². The zero-order valence-electron chi connectivity index (χ0n) is 15.8. The number of aromatic nitrogens is 2. The summed E-state index contributed by atoms with van der Waals surface area (Å²) in [6, 6.07) is 5.78. The topological polar surface area (TPSA) is 93.8 Å². The minimum Gasteiger partial charge on any atom is -0.505 e. The summed E-state index contributed by atoms with van der Waals surface area (Å²) in [7, 11) is 2.67. The van der Waals surface area contributed by atoms with E-state index in [9.17, 15) is 23.9 Å². The van der Waals surface area contributed by atoms with E-state index in [0.717, 1.165) is 5.56 Å². The number of carbonyl (C=O) groups is 2. The number of benzene rings is 1. The average molecular weight is 399 g/mol. The SMILES string of the molecule is COC(=O)c1cn(C)c(=O)c2c(O)c3n(c12)CCN(Cc1ccc(F)cc1)C3=O. The molecule has 2 aromatic heterocycles. The molecule has 4 rings (SSSR count). The van der Waals surface area contributed by atoms with Gasteiger partial charge < -0.3 is 23.9 Å². The van der Waals surface area contributed by atoms with Crippen LogP contribution >= 0.6 is 0 Å². The summed E-state index contributed by atoms with van der Waals surface area (Å²) in [4.78, 5) is 39.4.